The number of nitrogens with zero attached hydrogens (tertiary/aromatic N) is 1. The van der Waals surface area contributed by atoms with Crippen LogP contribution in [0.15, 0.2) is 71.9 Å². The van der Waals surface area contributed by atoms with Gasteiger partial charge in [0.1, 0.15) is 11.6 Å². The van der Waals surface area contributed by atoms with Gasteiger partial charge in [0, 0.05) is 12.7 Å². The summed E-state index contributed by atoms with van der Waals surface area (Å²) in [5.41, 5.74) is 2.00. The Morgan fingerprint density at radius 3 is 2.66 bits per heavy atom. The summed E-state index contributed by atoms with van der Waals surface area (Å²) in [6.07, 6.45) is 1.65. The van der Waals surface area contributed by atoms with Crippen LogP contribution in [-0.2, 0) is 17.9 Å². The van der Waals surface area contributed by atoms with Crippen LogP contribution < -0.4 is 14.8 Å². The van der Waals surface area contributed by atoms with Gasteiger partial charge in [-0.25, -0.2) is 4.98 Å². The molecule has 0 bridgehead atoms. The number of rotatable bonds is 9. The molecule has 0 atom stereocenters. The molecule has 1 N–H and O–H groups in total. The lowest BCUT2D eigenvalue weighted by Gasteiger charge is -2.13. The van der Waals surface area contributed by atoms with Crippen LogP contribution in [0.4, 0.5) is 0 Å². The summed E-state index contributed by atoms with van der Waals surface area (Å²) in [5.74, 6) is 1.43. The highest BCUT2D eigenvalue weighted by Gasteiger charge is 2.09. The first-order chi connectivity index (χ1) is 14.2. The monoisotopic (exact) mass is 428 g/mol. The Labute approximate surface area is 179 Å². The Bertz CT molecular complexity index is 954. The lowest BCUT2D eigenvalue weighted by molar-refractivity contribution is -0.118. The first kappa shape index (κ1) is 21.0. The van der Waals surface area contributed by atoms with E-state index in [1.807, 2.05) is 48.5 Å². The third kappa shape index (κ3) is 6.41. The van der Waals surface area contributed by atoms with Crippen molar-refractivity contribution in [3.8, 4) is 11.5 Å². The van der Waals surface area contributed by atoms with E-state index in [0.29, 0.717) is 34.7 Å². The van der Waals surface area contributed by atoms with Crippen LogP contribution in [0.25, 0.3) is 0 Å². The van der Waals surface area contributed by atoms with Gasteiger partial charge in [0.2, 0.25) is 5.91 Å². The molecule has 0 radical (unpaired) electrons. The predicted molar refractivity (Wildman–Crippen MR) is 116 cm³/mol. The SMILES string of the molecule is COc1cc(CNC(=O)CSc2ncccc2Cl)ccc1OCc1ccccc1. The number of carbonyl (C=O) groups excluding carboxylic acids is 1. The second kappa shape index (κ2) is 10.7. The number of hydrogen-bond donors (Lipinski definition) is 1. The molecule has 0 spiro atoms. The summed E-state index contributed by atoms with van der Waals surface area (Å²) in [6, 6.07) is 19.1. The fraction of sp³-hybridized carbons (Fsp3) is 0.182. The Morgan fingerprint density at radius 2 is 1.90 bits per heavy atom. The van der Waals surface area contributed by atoms with E-state index in [1.54, 1.807) is 25.4 Å². The third-order valence-electron chi connectivity index (χ3n) is 4.02. The number of aromatic nitrogens is 1. The maximum Gasteiger partial charge on any atom is 0.230 e. The van der Waals surface area contributed by atoms with Gasteiger partial charge < -0.3 is 14.8 Å². The van der Waals surface area contributed by atoms with Crippen molar-refractivity contribution in [3.63, 3.8) is 0 Å². The molecule has 0 fully saturated rings. The predicted octanol–water partition coefficient (Wildman–Crippen LogP) is 4.73. The van der Waals surface area contributed by atoms with E-state index in [0.717, 1.165) is 11.1 Å². The van der Waals surface area contributed by atoms with Crippen LogP contribution in [0.3, 0.4) is 0 Å². The van der Waals surface area contributed by atoms with Crippen molar-refractivity contribution in [3.05, 3.63) is 83.0 Å². The molecule has 0 aliphatic rings. The first-order valence-electron chi connectivity index (χ1n) is 8.99. The number of amides is 1. The lowest BCUT2D eigenvalue weighted by atomic mass is 10.2. The van der Waals surface area contributed by atoms with Crippen LogP contribution in [0.1, 0.15) is 11.1 Å². The van der Waals surface area contributed by atoms with Crippen LogP contribution in [-0.4, -0.2) is 23.8 Å². The van der Waals surface area contributed by atoms with E-state index in [4.69, 9.17) is 21.1 Å². The quantitative estimate of drug-likeness (QED) is 0.499. The van der Waals surface area contributed by atoms with Gasteiger partial charge in [-0.1, -0.05) is 59.8 Å². The molecule has 7 heteroatoms. The Balaban J connectivity index is 1.51. The molecule has 3 rings (SSSR count). The van der Waals surface area contributed by atoms with Crippen molar-refractivity contribution in [2.45, 2.75) is 18.2 Å². The van der Waals surface area contributed by atoms with Crippen molar-refractivity contribution < 1.29 is 14.3 Å². The summed E-state index contributed by atoms with van der Waals surface area (Å²) in [7, 11) is 1.60. The zero-order chi connectivity index (χ0) is 20.5. The molecule has 0 saturated heterocycles. The van der Waals surface area contributed by atoms with Gasteiger partial charge in [0.15, 0.2) is 11.5 Å². The molecule has 2 aromatic carbocycles. The highest BCUT2D eigenvalue weighted by Crippen LogP contribution is 2.29. The Hall–Kier alpha value is -2.70. The van der Waals surface area contributed by atoms with E-state index in [1.165, 1.54) is 11.8 Å². The van der Waals surface area contributed by atoms with Crippen LogP contribution in [0, 0.1) is 0 Å². The average Bonchev–Trinajstić information content (AvgIpc) is 2.76. The molecule has 0 aliphatic carbocycles. The van der Waals surface area contributed by atoms with Gasteiger partial charge in [0.25, 0.3) is 0 Å². The largest absolute Gasteiger partial charge is 0.493 e. The second-order valence-corrected chi connectivity index (χ2v) is 7.49. The van der Waals surface area contributed by atoms with Gasteiger partial charge in [-0.3, -0.25) is 4.79 Å². The van der Waals surface area contributed by atoms with Gasteiger partial charge in [-0.2, -0.15) is 0 Å². The normalized spacial score (nSPS) is 10.4. The topological polar surface area (TPSA) is 60.5 Å². The van der Waals surface area contributed by atoms with Crippen molar-refractivity contribution in [2.24, 2.45) is 0 Å². The van der Waals surface area contributed by atoms with Crippen LogP contribution in [0.5, 0.6) is 11.5 Å². The standard InChI is InChI=1S/C22H21ClN2O3S/c1-27-20-12-17(9-10-19(20)28-14-16-6-3-2-4-7-16)13-25-21(26)15-29-22-18(23)8-5-11-24-22/h2-12H,13-15H2,1H3,(H,25,26). The third-order valence-corrected chi connectivity index (χ3v) is 5.44. The number of halogens is 1. The number of pyridine rings is 1. The summed E-state index contributed by atoms with van der Waals surface area (Å²) < 4.78 is 11.3. The maximum absolute atomic E-state index is 12.1. The smallest absolute Gasteiger partial charge is 0.230 e. The molecule has 29 heavy (non-hydrogen) atoms. The molecule has 1 amide bonds. The minimum absolute atomic E-state index is 0.0971. The van der Waals surface area contributed by atoms with E-state index < -0.39 is 0 Å². The van der Waals surface area contributed by atoms with Gasteiger partial charge in [-0.15, -0.1) is 0 Å². The molecule has 5 nitrogen and oxygen atoms in total. The Kier molecular flexibility index (Phi) is 7.78. The van der Waals surface area contributed by atoms with Gasteiger partial charge >= 0.3 is 0 Å². The van der Waals surface area contributed by atoms with Crippen molar-refractivity contribution in [2.75, 3.05) is 12.9 Å². The minimum atomic E-state index is -0.0971. The van der Waals surface area contributed by atoms with Crippen molar-refractivity contribution >= 4 is 29.3 Å². The zero-order valence-electron chi connectivity index (χ0n) is 15.9. The minimum Gasteiger partial charge on any atom is -0.493 e. The molecule has 1 aromatic heterocycles. The van der Waals surface area contributed by atoms with E-state index in [2.05, 4.69) is 10.3 Å². The average molecular weight is 429 g/mol. The van der Waals surface area contributed by atoms with Crippen molar-refractivity contribution in [1.82, 2.24) is 10.3 Å². The van der Waals surface area contributed by atoms with Gasteiger partial charge in [0.05, 0.1) is 17.9 Å². The van der Waals surface area contributed by atoms with Crippen molar-refractivity contribution in [1.29, 1.82) is 0 Å². The summed E-state index contributed by atoms with van der Waals surface area (Å²) in [6.45, 7) is 0.852. The highest BCUT2D eigenvalue weighted by atomic mass is 35.5. The maximum atomic E-state index is 12.1. The van der Waals surface area contributed by atoms with Gasteiger partial charge in [-0.05, 0) is 35.4 Å². The Morgan fingerprint density at radius 1 is 1.07 bits per heavy atom. The van der Waals surface area contributed by atoms with E-state index in [-0.39, 0.29) is 11.7 Å². The van der Waals surface area contributed by atoms with Crippen LogP contribution in [0.2, 0.25) is 5.02 Å². The molecular formula is C22H21ClN2O3S. The number of methoxy groups -OCH3 is 1. The highest BCUT2D eigenvalue weighted by molar-refractivity contribution is 8.00. The number of hydrogen-bond acceptors (Lipinski definition) is 5. The zero-order valence-corrected chi connectivity index (χ0v) is 17.5. The molecule has 3 aromatic rings. The first-order valence-corrected chi connectivity index (χ1v) is 10.4. The molecule has 0 unspecified atom stereocenters. The summed E-state index contributed by atoms with van der Waals surface area (Å²) in [4.78, 5) is 16.3. The molecular weight excluding hydrogens is 408 g/mol. The number of benzene rings is 2. The number of carbonyl (C=O) groups is 1. The molecule has 0 saturated carbocycles. The second-order valence-electron chi connectivity index (χ2n) is 6.12. The van der Waals surface area contributed by atoms with Crippen LogP contribution >= 0.6 is 23.4 Å². The molecule has 150 valence electrons. The van der Waals surface area contributed by atoms with E-state index in [9.17, 15) is 4.79 Å². The number of nitrogens with one attached hydrogen (secondary N) is 1. The molecule has 0 aliphatic heterocycles. The summed E-state index contributed by atoms with van der Waals surface area (Å²) >= 11 is 7.36. The fourth-order valence-corrected chi connectivity index (χ4v) is 3.54. The lowest BCUT2D eigenvalue weighted by Crippen LogP contribution is -2.24. The summed E-state index contributed by atoms with van der Waals surface area (Å²) in [5, 5.41) is 4.08. The fourth-order valence-electron chi connectivity index (χ4n) is 2.54. The molecule has 1 heterocycles. The number of ether oxygens (including phenoxy) is 2. The number of thioether (sulfide) groups is 1. The van der Waals surface area contributed by atoms with E-state index >= 15 is 0 Å².